The standard InChI is InChI=1S/C21H26F3N3O4S/c1-11(2)27(12-6-5-7-26(10-12)19(30)31)17(28)13-8-15-16(9-14(13)21(22,23)24)32-20(3,4)18(29)25-15/h8-9,11-12H,5-7,10H2,1-4H3,(H,25,29)(H,30,31)/t12-/m1/s1. The van der Waals surface area contributed by atoms with Crippen molar-refractivity contribution in [3.63, 3.8) is 0 Å². The molecular weight excluding hydrogens is 447 g/mol. The minimum absolute atomic E-state index is 0.0341. The zero-order valence-electron chi connectivity index (χ0n) is 18.2. The number of carbonyl (C=O) groups is 3. The lowest BCUT2D eigenvalue weighted by molar-refractivity contribution is -0.138. The van der Waals surface area contributed by atoms with Gasteiger partial charge in [0.1, 0.15) is 0 Å². The van der Waals surface area contributed by atoms with Gasteiger partial charge in [-0.2, -0.15) is 13.2 Å². The Bertz CT molecular complexity index is 949. The molecule has 0 aliphatic carbocycles. The highest BCUT2D eigenvalue weighted by molar-refractivity contribution is 8.01. The molecule has 1 aromatic rings. The molecule has 0 spiro atoms. The molecule has 0 aromatic heterocycles. The number of carbonyl (C=O) groups excluding carboxylic acids is 2. The van der Waals surface area contributed by atoms with Crippen molar-refractivity contribution in [1.82, 2.24) is 9.80 Å². The summed E-state index contributed by atoms with van der Waals surface area (Å²) in [6.45, 7) is 6.94. The van der Waals surface area contributed by atoms with E-state index in [2.05, 4.69) is 5.32 Å². The number of hydrogen-bond acceptors (Lipinski definition) is 4. The molecule has 0 saturated carbocycles. The Morgan fingerprint density at radius 3 is 2.53 bits per heavy atom. The quantitative estimate of drug-likeness (QED) is 0.674. The van der Waals surface area contributed by atoms with Gasteiger partial charge in [0, 0.05) is 24.0 Å². The van der Waals surface area contributed by atoms with E-state index in [-0.39, 0.29) is 23.0 Å². The van der Waals surface area contributed by atoms with Crippen LogP contribution in [0.2, 0.25) is 0 Å². The van der Waals surface area contributed by atoms with Crippen molar-refractivity contribution in [3.05, 3.63) is 23.3 Å². The fraction of sp³-hybridized carbons (Fsp3) is 0.571. The van der Waals surface area contributed by atoms with Gasteiger partial charge in [-0.1, -0.05) is 0 Å². The molecule has 0 radical (unpaired) electrons. The van der Waals surface area contributed by atoms with E-state index in [9.17, 15) is 32.7 Å². The van der Waals surface area contributed by atoms with Gasteiger partial charge in [0.15, 0.2) is 0 Å². The van der Waals surface area contributed by atoms with E-state index in [1.807, 2.05) is 0 Å². The second-order valence-electron chi connectivity index (χ2n) is 8.79. The van der Waals surface area contributed by atoms with Crippen molar-refractivity contribution in [2.24, 2.45) is 0 Å². The number of thioether (sulfide) groups is 1. The lowest BCUT2D eigenvalue weighted by atomic mass is 9.98. The van der Waals surface area contributed by atoms with Crippen LogP contribution in [0.1, 0.15) is 56.5 Å². The monoisotopic (exact) mass is 473 g/mol. The third-order valence-corrected chi connectivity index (χ3v) is 6.92. The first-order valence-corrected chi connectivity index (χ1v) is 11.1. The van der Waals surface area contributed by atoms with E-state index in [0.29, 0.717) is 19.4 Å². The van der Waals surface area contributed by atoms with Crippen LogP contribution in [0.3, 0.4) is 0 Å². The van der Waals surface area contributed by atoms with E-state index >= 15 is 0 Å². The normalized spacial score (nSPS) is 20.6. The topological polar surface area (TPSA) is 90.0 Å². The number of fused-ring (bicyclic) bond motifs is 1. The molecule has 1 fully saturated rings. The van der Waals surface area contributed by atoms with Crippen LogP contribution in [0.15, 0.2) is 17.0 Å². The lowest BCUT2D eigenvalue weighted by Gasteiger charge is -2.41. The van der Waals surface area contributed by atoms with Crippen LogP contribution >= 0.6 is 11.8 Å². The highest BCUT2D eigenvalue weighted by Gasteiger charge is 2.42. The Hall–Kier alpha value is -2.43. The Morgan fingerprint density at radius 2 is 1.97 bits per heavy atom. The fourth-order valence-corrected chi connectivity index (χ4v) is 5.17. The maximum atomic E-state index is 14.0. The minimum atomic E-state index is -4.78. The van der Waals surface area contributed by atoms with Crippen LogP contribution in [-0.2, 0) is 11.0 Å². The molecule has 32 heavy (non-hydrogen) atoms. The largest absolute Gasteiger partial charge is 0.465 e. The summed E-state index contributed by atoms with van der Waals surface area (Å²) in [6, 6.07) is 0.999. The van der Waals surface area contributed by atoms with Gasteiger partial charge < -0.3 is 20.2 Å². The maximum Gasteiger partial charge on any atom is 0.417 e. The molecule has 2 N–H and O–H groups in total. The number of amides is 3. The van der Waals surface area contributed by atoms with E-state index < -0.39 is 46.1 Å². The van der Waals surface area contributed by atoms with E-state index in [4.69, 9.17) is 0 Å². The molecule has 1 saturated heterocycles. The highest BCUT2D eigenvalue weighted by Crippen LogP contribution is 2.46. The summed E-state index contributed by atoms with van der Waals surface area (Å²) in [5.74, 6) is -1.20. The van der Waals surface area contributed by atoms with Crippen LogP contribution < -0.4 is 5.32 Å². The van der Waals surface area contributed by atoms with Gasteiger partial charge in [-0.05, 0) is 52.7 Å². The predicted molar refractivity (Wildman–Crippen MR) is 114 cm³/mol. The maximum absolute atomic E-state index is 14.0. The van der Waals surface area contributed by atoms with E-state index in [1.54, 1.807) is 27.7 Å². The molecule has 1 atom stereocenters. The number of anilines is 1. The number of rotatable bonds is 3. The third-order valence-electron chi connectivity index (χ3n) is 5.67. The number of halogens is 3. The zero-order chi connectivity index (χ0) is 24.0. The minimum Gasteiger partial charge on any atom is -0.465 e. The zero-order valence-corrected chi connectivity index (χ0v) is 19.1. The molecule has 11 heteroatoms. The number of hydrogen-bond donors (Lipinski definition) is 2. The number of benzene rings is 1. The lowest BCUT2D eigenvalue weighted by Crippen LogP contribution is -2.54. The first kappa shape index (κ1) is 24.2. The summed E-state index contributed by atoms with van der Waals surface area (Å²) in [4.78, 5) is 39.9. The fourth-order valence-electron chi connectivity index (χ4n) is 4.08. The smallest absolute Gasteiger partial charge is 0.417 e. The summed E-state index contributed by atoms with van der Waals surface area (Å²) in [6.07, 6.45) is -4.92. The van der Waals surface area contributed by atoms with Crippen molar-refractivity contribution in [2.75, 3.05) is 18.4 Å². The van der Waals surface area contributed by atoms with Gasteiger partial charge in [0.25, 0.3) is 5.91 Å². The predicted octanol–water partition coefficient (Wildman–Crippen LogP) is 4.52. The average molecular weight is 474 g/mol. The van der Waals surface area contributed by atoms with Gasteiger partial charge in [0.2, 0.25) is 5.91 Å². The summed E-state index contributed by atoms with van der Waals surface area (Å²) in [7, 11) is 0. The Labute approximate surface area is 188 Å². The van der Waals surface area contributed by atoms with Crippen LogP contribution in [0.5, 0.6) is 0 Å². The van der Waals surface area contributed by atoms with Crippen molar-refractivity contribution in [1.29, 1.82) is 0 Å². The van der Waals surface area contributed by atoms with Crippen LogP contribution in [0, 0.1) is 0 Å². The molecule has 3 rings (SSSR count). The van der Waals surface area contributed by atoms with E-state index in [1.165, 1.54) is 9.80 Å². The van der Waals surface area contributed by atoms with Crippen LogP contribution in [0.4, 0.5) is 23.7 Å². The molecule has 3 amide bonds. The summed E-state index contributed by atoms with van der Waals surface area (Å²) in [5.41, 5.74) is -1.47. The van der Waals surface area contributed by atoms with Gasteiger partial charge in [-0.25, -0.2) is 4.79 Å². The number of nitrogens with one attached hydrogen (secondary N) is 1. The highest BCUT2D eigenvalue weighted by atomic mass is 32.2. The molecular formula is C21H26F3N3O4S. The van der Waals surface area contributed by atoms with Crippen LogP contribution in [-0.4, -0.2) is 62.7 Å². The van der Waals surface area contributed by atoms with Crippen LogP contribution in [0.25, 0.3) is 0 Å². The van der Waals surface area contributed by atoms with Gasteiger partial charge in [0.05, 0.1) is 27.6 Å². The Kier molecular flexibility index (Phi) is 6.43. The molecule has 176 valence electrons. The number of nitrogens with zero attached hydrogens (tertiary/aromatic N) is 2. The summed E-state index contributed by atoms with van der Waals surface area (Å²) in [5, 5.41) is 11.9. The number of piperidine rings is 1. The third kappa shape index (κ3) is 4.67. The van der Waals surface area contributed by atoms with Crippen molar-refractivity contribution >= 4 is 35.4 Å². The molecule has 2 aliphatic rings. The van der Waals surface area contributed by atoms with Gasteiger partial charge in [-0.3, -0.25) is 9.59 Å². The SMILES string of the molecule is CC(C)N(C(=O)c1cc2c(cc1C(F)(F)F)SC(C)(C)C(=O)N2)[C@@H]1CCCN(C(=O)O)C1. The number of likely N-dealkylation sites (tertiary alicyclic amines) is 1. The van der Waals surface area contributed by atoms with Crippen molar-refractivity contribution in [3.8, 4) is 0 Å². The van der Waals surface area contributed by atoms with E-state index in [0.717, 1.165) is 23.9 Å². The first-order valence-electron chi connectivity index (χ1n) is 10.3. The number of carboxylic acid groups (broad SMARTS) is 1. The molecule has 0 unspecified atom stereocenters. The summed E-state index contributed by atoms with van der Waals surface area (Å²) >= 11 is 1.01. The average Bonchev–Trinajstić information content (AvgIpc) is 2.67. The van der Waals surface area contributed by atoms with Crippen molar-refractivity contribution in [2.45, 2.75) is 68.4 Å². The Morgan fingerprint density at radius 1 is 1.31 bits per heavy atom. The number of alkyl halides is 3. The molecule has 2 heterocycles. The second-order valence-corrected chi connectivity index (χ2v) is 10.5. The second kappa shape index (κ2) is 8.49. The van der Waals surface area contributed by atoms with Crippen molar-refractivity contribution < 1.29 is 32.7 Å². The molecule has 2 aliphatic heterocycles. The molecule has 7 nitrogen and oxygen atoms in total. The first-order chi connectivity index (χ1) is 14.7. The molecule has 1 aromatic carbocycles. The molecule has 0 bridgehead atoms. The Balaban J connectivity index is 2.06. The van der Waals surface area contributed by atoms with Gasteiger partial charge in [-0.15, -0.1) is 11.8 Å². The summed E-state index contributed by atoms with van der Waals surface area (Å²) < 4.78 is 41.0. The van der Waals surface area contributed by atoms with Gasteiger partial charge >= 0.3 is 12.3 Å².